The van der Waals surface area contributed by atoms with Crippen molar-refractivity contribution < 1.29 is 4.74 Å². The molecule has 5 heteroatoms. The number of hydrogen-bond donors (Lipinski definition) is 0. The third kappa shape index (κ3) is 2.81. The van der Waals surface area contributed by atoms with Gasteiger partial charge < -0.3 is 4.74 Å². The average molecular weight is 353 g/mol. The van der Waals surface area contributed by atoms with Crippen LogP contribution in [0.4, 0.5) is 0 Å². The van der Waals surface area contributed by atoms with E-state index in [4.69, 9.17) is 9.84 Å². The number of nitrogens with zero attached hydrogens (tertiary/aromatic N) is 3. The molecule has 0 amide bonds. The van der Waals surface area contributed by atoms with Crippen molar-refractivity contribution >= 4 is 5.52 Å². The molecule has 0 aliphatic carbocycles. The van der Waals surface area contributed by atoms with Crippen LogP contribution in [-0.2, 0) is 7.05 Å². The minimum Gasteiger partial charge on any atom is -0.497 e. The topological polar surface area (TPSA) is 48.5 Å². The van der Waals surface area contributed by atoms with Crippen LogP contribution < -0.4 is 10.3 Å². The van der Waals surface area contributed by atoms with E-state index >= 15 is 0 Å². The Kier molecular flexibility index (Phi) is 4.65. The van der Waals surface area contributed by atoms with Gasteiger partial charge in [-0.3, -0.25) is 9.36 Å². The highest BCUT2D eigenvalue weighted by molar-refractivity contribution is 5.65. The van der Waals surface area contributed by atoms with E-state index in [1.807, 2.05) is 25.1 Å². The zero-order chi connectivity index (χ0) is 19.2. The predicted molar refractivity (Wildman–Crippen MR) is 105 cm³/mol. The maximum absolute atomic E-state index is 13.1. The molecule has 138 valence electrons. The van der Waals surface area contributed by atoms with Gasteiger partial charge >= 0.3 is 0 Å². The van der Waals surface area contributed by atoms with Crippen molar-refractivity contribution in [3.63, 3.8) is 0 Å². The van der Waals surface area contributed by atoms with Crippen molar-refractivity contribution in [1.29, 1.82) is 0 Å². The van der Waals surface area contributed by atoms with Gasteiger partial charge in [0.1, 0.15) is 11.3 Å². The highest BCUT2D eigenvalue weighted by Crippen LogP contribution is 2.31. The third-order valence-electron chi connectivity index (χ3n) is 4.95. The molecular weight excluding hydrogens is 326 g/mol. The Morgan fingerprint density at radius 2 is 1.69 bits per heavy atom. The quantitative estimate of drug-likeness (QED) is 0.704. The first-order chi connectivity index (χ1) is 12.3. The fourth-order valence-electron chi connectivity index (χ4n) is 3.44. The zero-order valence-corrected chi connectivity index (χ0v) is 16.6. The number of benzene rings is 1. The summed E-state index contributed by atoms with van der Waals surface area (Å²) >= 11 is 0. The van der Waals surface area contributed by atoms with E-state index in [0.29, 0.717) is 11.3 Å². The lowest BCUT2D eigenvalue weighted by Gasteiger charge is -2.17. The second-order valence-corrected chi connectivity index (χ2v) is 7.45. The first-order valence-corrected chi connectivity index (χ1v) is 9.03. The number of methoxy groups -OCH3 is 1. The molecule has 5 nitrogen and oxygen atoms in total. The van der Waals surface area contributed by atoms with Gasteiger partial charge in [-0.25, -0.2) is 4.52 Å². The molecule has 0 unspecified atom stereocenters. The van der Waals surface area contributed by atoms with Gasteiger partial charge in [0.05, 0.1) is 7.11 Å². The van der Waals surface area contributed by atoms with E-state index in [2.05, 4.69) is 33.8 Å². The average Bonchev–Trinajstić information content (AvgIpc) is 2.94. The highest BCUT2D eigenvalue weighted by atomic mass is 16.5. The Bertz CT molecular complexity index is 1030. The lowest BCUT2D eigenvalue weighted by atomic mass is 9.96. The van der Waals surface area contributed by atoms with Gasteiger partial charge in [-0.05, 0) is 54.2 Å². The molecule has 0 aliphatic heterocycles. The lowest BCUT2D eigenvalue weighted by molar-refractivity contribution is 0.414. The molecule has 0 spiro atoms. The second kappa shape index (κ2) is 6.63. The highest BCUT2D eigenvalue weighted by Gasteiger charge is 2.20. The van der Waals surface area contributed by atoms with Crippen molar-refractivity contribution in [1.82, 2.24) is 14.2 Å². The molecule has 0 aliphatic rings. The van der Waals surface area contributed by atoms with Crippen LogP contribution in [0.25, 0.3) is 16.9 Å². The summed E-state index contributed by atoms with van der Waals surface area (Å²) in [5.74, 6) is 2.03. The molecule has 0 radical (unpaired) electrons. The fourth-order valence-corrected chi connectivity index (χ4v) is 3.44. The van der Waals surface area contributed by atoms with E-state index in [-0.39, 0.29) is 17.4 Å². The summed E-state index contributed by atoms with van der Waals surface area (Å²) in [5, 5.41) is 4.85. The molecule has 3 aromatic rings. The number of hydrogen-bond acceptors (Lipinski definition) is 3. The van der Waals surface area contributed by atoms with E-state index in [1.54, 1.807) is 23.2 Å². The molecule has 2 heterocycles. The van der Waals surface area contributed by atoms with E-state index in [9.17, 15) is 4.79 Å². The van der Waals surface area contributed by atoms with Gasteiger partial charge in [-0.15, -0.1) is 5.10 Å². The smallest absolute Gasteiger partial charge is 0.278 e. The van der Waals surface area contributed by atoms with Gasteiger partial charge in [0.15, 0.2) is 5.82 Å². The molecule has 0 atom stereocenters. The number of ether oxygens (including phenoxy) is 1. The van der Waals surface area contributed by atoms with Crippen LogP contribution in [0, 0.1) is 6.92 Å². The molecule has 3 rings (SSSR count). The summed E-state index contributed by atoms with van der Waals surface area (Å²) in [6.45, 7) is 10.5. The van der Waals surface area contributed by atoms with E-state index in [0.717, 1.165) is 28.1 Å². The number of aryl methyl sites for hydroxylation is 1. The van der Waals surface area contributed by atoms with Crippen molar-refractivity contribution in [2.24, 2.45) is 7.05 Å². The Morgan fingerprint density at radius 3 is 2.27 bits per heavy atom. The molecule has 0 saturated carbocycles. The Labute approximate surface area is 154 Å². The number of rotatable bonds is 4. The summed E-state index contributed by atoms with van der Waals surface area (Å²) in [7, 11) is 3.46. The molecule has 1 aromatic carbocycles. The summed E-state index contributed by atoms with van der Waals surface area (Å²) < 4.78 is 8.83. The third-order valence-corrected chi connectivity index (χ3v) is 4.95. The van der Waals surface area contributed by atoms with E-state index in [1.165, 1.54) is 0 Å². The van der Waals surface area contributed by atoms with Crippen molar-refractivity contribution in [2.75, 3.05) is 7.11 Å². The molecule has 0 N–H and O–H groups in total. The van der Waals surface area contributed by atoms with Gasteiger partial charge in [0.2, 0.25) is 0 Å². The fraction of sp³-hybridized carbons (Fsp3) is 0.429. The van der Waals surface area contributed by atoms with Crippen LogP contribution in [0.1, 0.15) is 56.4 Å². The SMILES string of the molecule is COc1ccc(-c2nn3c(C)cc(C(C)C)c3c(=O)n2C)c(C(C)C)c1. The summed E-state index contributed by atoms with van der Waals surface area (Å²) in [6.07, 6.45) is 0. The molecular formula is C21H27N3O2. The van der Waals surface area contributed by atoms with Crippen LogP contribution in [-0.4, -0.2) is 21.3 Å². The van der Waals surface area contributed by atoms with Gasteiger partial charge in [-0.1, -0.05) is 27.7 Å². The van der Waals surface area contributed by atoms with Crippen LogP contribution in [0.3, 0.4) is 0 Å². The first kappa shape index (κ1) is 18.2. The molecule has 26 heavy (non-hydrogen) atoms. The minimum absolute atomic E-state index is 0.0164. The van der Waals surface area contributed by atoms with Crippen molar-refractivity contribution in [3.05, 3.63) is 51.4 Å². The monoisotopic (exact) mass is 353 g/mol. The van der Waals surface area contributed by atoms with Crippen LogP contribution >= 0.6 is 0 Å². The van der Waals surface area contributed by atoms with E-state index < -0.39 is 0 Å². The first-order valence-electron chi connectivity index (χ1n) is 9.03. The number of fused-ring (bicyclic) bond motifs is 1. The zero-order valence-electron chi connectivity index (χ0n) is 16.6. The molecule has 0 saturated heterocycles. The van der Waals surface area contributed by atoms with Gasteiger partial charge in [0, 0.05) is 18.3 Å². The van der Waals surface area contributed by atoms with Crippen molar-refractivity contribution in [3.8, 4) is 17.1 Å². The molecule has 0 fully saturated rings. The standard InChI is InChI=1S/C21H27N3O2/c1-12(2)17-11-15(26-7)8-9-16(17)20-22-24-14(5)10-18(13(3)4)19(24)21(25)23(20)6/h8-13H,1-7H3. The van der Waals surface area contributed by atoms with Crippen LogP contribution in [0.2, 0.25) is 0 Å². The van der Waals surface area contributed by atoms with Crippen molar-refractivity contribution in [2.45, 2.75) is 46.5 Å². The van der Waals surface area contributed by atoms with Gasteiger partial charge in [-0.2, -0.15) is 0 Å². The molecule has 0 bridgehead atoms. The Morgan fingerprint density at radius 1 is 1.04 bits per heavy atom. The van der Waals surface area contributed by atoms with Gasteiger partial charge in [0.25, 0.3) is 5.56 Å². The minimum atomic E-state index is -0.0164. The maximum atomic E-state index is 13.1. The second-order valence-electron chi connectivity index (χ2n) is 7.45. The summed E-state index contributed by atoms with van der Waals surface area (Å²) in [6, 6.07) is 8.00. The molecule has 2 aromatic heterocycles. The van der Waals surface area contributed by atoms with Crippen LogP contribution in [0.5, 0.6) is 5.75 Å². The predicted octanol–water partition coefficient (Wildman–Crippen LogP) is 4.26. The number of aromatic nitrogens is 3. The Balaban J connectivity index is 2.36. The van der Waals surface area contributed by atoms with Crippen LogP contribution in [0.15, 0.2) is 29.1 Å². The summed E-state index contributed by atoms with van der Waals surface area (Å²) in [5.41, 5.74) is 4.74. The largest absolute Gasteiger partial charge is 0.497 e. The lowest BCUT2D eigenvalue weighted by Crippen LogP contribution is -2.24. The summed E-state index contributed by atoms with van der Waals surface area (Å²) in [4.78, 5) is 13.1. The Hall–Kier alpha value is -2.56. The normalized spacial score (nSPS) is 11.7. The maximum Gasteiger partial charge on any atom is 0.278 e.